The minimum Gasteiger partial charge on any atom is -0.494 e. The Bertz CT molecular complexity index is 529. The van der Waals surface area contributed by atoms with Gasteiger partial charge in [0, 0.05) is 6.54 Å². The highest BCUT2D eigenvalue weighted by Gasteiger charge is 2.10. The zero-order valence-corrected chi connectivity index (χ0v) is 12.4. The quantitative estimate of drug-likeness (QED) is 0.741. The summed E-state index contributed by atoms with van der Waals surface area (Å²) in [4.78, 5) is 2.53. The Morgan fingerprint density at radius 2 is 1.57 bits per heavy atom. The van der Waals surface area contributed by atoms with Crippen LogP contribution in [0.3, 0.4) is 0 Å². The standard InChI is InChI=1S/C19H22NO/c1-2-7-17(8-3-1)18-9-11-19(12-10-18)21-16-6-15-20-13-4-5-14-20/h2-3,7-12H,4-6,13-16H2. The summed E-state index contributed by atoms with van der Waals surface area (Å²) in [5.41, 5.74) is 2.43. The van der Waals surface area contributed by atoms with Crippen LogP contribution in [-0.2, 0) is 0 Å². The van der Waals surface area contributed by atoms with Gasteiger partial charge in [-0.15, -0.1) is 0 Å². The van der Waals surface area contributed by atoms with Crippen molar-refractivity contribution in [2.45, 2.75) is 19.3 Å². The molecule has 0 unspecified atom stereocenters. The van der Waals surface area contributed by atoms with Gasteiger partial charge in [-0.1, -0.05) is 36.4 Å². The molecular formula is C19H22NO. The first-order valence-electron chi connectivity index (χ1n) is 7.83. The molecule has 0 atom stereocenters. The maximum atomic E-state index is 5.82. The minimum absolute atomic E-state index is 0.802. The van der Waals surface area contributed by atoms with Crippen LogP contribution < -0.4 is 4.74 Å². The van der Waals surface area contributed by atoms with Gasteiger partial charge in [0.15, 0.2) is 0 Å². The monoisotopic (exact) mass is 280 g/mol. The number of likely N-dealkylation sites (tertiary alicyclic amines) is 1. The van der Waals surface area contributed by atoms with Gasteiger partial charge in [0.1, 0.15) is 5.75 Å². The summed E-state index contributed by atoms with van der Waals surface area (Å²) in [5.74, 6) is 0.961. The molecule has 1 aliphatic rings. The molecule has 0 saturated carbocycles. The molecule has 2 aromatic rings. The highest BCUT2D eigenvalue weighted by Crippen LogP contribution is 2.22. The van der Waals surface area contributed by atoms with Crippen LogP contribution in [0, 0.1) is 6.07 Å². The van der Waals surface area contributed by atoms with E-state index in [-0.39, 0.29) is 0 Å². The van der Waals surface area contributed by atoms with Crippen LogP contribution in [0.4, 0.5) is 0 Å². The molecule has 1 saturated heterocycles. The zero-order valence-electron chi connectivity index (χ0n) is 12.4. The molecule has 1 radical (unpaired) electrons. The van der Waals surface area contributed by atoms with Crippen molar-refractivity contribution in [3.05, 3.63) is 54.6 Å². The SMILES string of the molecule is [c]1ccc(-c2ccc(OCCCN3CCCC3)cc2)cc1. The van der Waals surface area contributed by atoms with Gasteiger partial charge in [0.2, 0.25) is 0 Å². The molecule has 1 fully saturated rings. The first-order chi connectivity index (χ1) is 10.4. The van der Waals surface area contributed by atoms with Crippen molar-refractivity contribution < 1.29 is 4.74 Å². The van der Waals surface area contributed by atoms with Gasteiger partial charge in [-0.05, 0) is 61.7 Å². The number of nitrogens with zero attached hydrogens (tertiary/aromatic N) is 1. The molecule has 109 valence electrons. The van der Waals surface area contributed by atoms with Crippen molar-refractivity contribution in [2.75, 3.05) is 26.2 Å². The first kappa shape index (κ1) is 14.2. The number of benzene rings is 2. The van der Waals surface area contributed by atoms with Gasteiger partial charge in [0.05, 0.1) is 6.61 Å². The van der Waals surface area contributed by atoms with Crippen LogP contribution >= 0.6 is 0 Å². The van der Waals surface area contributed by atoms with Gasteiger partial charge in [-0.2, -0.15) is 0 Å². The molecule has 1 heterocycles. The van der Waals surface area contributed by atoms with Crippen LogP contribution in [0.15, 0.2) is 48.5 Å². The molecule has 2 aromatic carbocycles. The Morgan fingerprint density at radius 1 is 0.905 bits per heavy atom. The third-order valence-corrected chi connectivity index (χ3v) is 3.99. The Labute approximate surface area is 127 Å². The third kappa shape index (κ3) is 4.08. The lowest BCUT2D eigenvalue weighted by Crippen LogP contribution is -2.21. The normalized spacial score (nSPS) is 15.2. The fourth-order valence-corrected chi connectivity index (χ4v) is 2.81. The Hall–Kier alpha value is -1.80. The summed E-state index contributed by atoms with van der Waals surface area (Å²) in [6, 6.07) is 19.4. The topological polar surface area (TPSA) is 12.5 Å². The predicted molar refractivity (Wildman–Crippen MR) is 86.5 cm³/mol. The van der Waals surface area contributed by atoms with E-state index in [4.69, 9.17) is 4.74 Å². The number of rotatable bonds is 6. The van der Waals surface area contributed by atoms with Crippen molar-refractivity contribution in [1.29, 1.82) is 0 Å². The summed E-state index contributed by atoms with van der Waals surface area (Å²) < 4.78 is 5.82. The molecule has 0 amide bonds. The van der Waals surface area contributed by atoms with Gasteiger partial charge >= 0.3 is 0 Å². The van der Waals surface area contributed by atoms with Gasteiger partial charge in [-0.25, -0.2) is 0 Å². The maximum absolute atomic E-state index is 5.82. The van der Waals surface area contributed by atoms with Crippen LogP contribution in [0.25, 0.3) is 11.1 Å². The second-order valence-electron chi connectivity index (χ2n) is 5.56. The van der Waals surface area contributed by atoms with Crippen LogP contribution in [0.1, 0.15) is 19.3 Å². The molecule has 0 spiro atoms. The van der Waals surface area contributed by atoms with E-state index in [1.54, 1.807) is 0 Å². The van der Waals surface area contributed by atoms with E-state index < -0.39 is 0 Å². The van der Waals surface area contributed by atoms with Crippen molar-refractivity contribution in [1.82, 2.24) is 4.90 Å². The summed E-state index contributed by atoms with van der Waals surface area (Å²) in [6.45, 7) is 4.50. The number of ether oxygens (including phenoxy) is 1. The fraction of sp³-hybridized carbons (Fsp3) is 0.368. The van der Waals surface area contributed by atoms with E-state index in [1.807, 2.05) is 12.1 Å². The van der Waals surface area contributed by atoms with E-state index in [1.165, 1.54) is 43.6 Å². The molecule has 0 aromatic heterocycles. The van der Waals surface area contributed by atoms with Crippen molar-refractivity contribution in [3.8, 4) is 16.9 Å². The minimum atomic E-state index is 0.802. The van der Waals surface area contributed by atoms with E-state index in [9.17, 15) is 0 Å². The van der Waals surface area contributed by atoms with E-state index in [2.05, 4.69) is 47.4 Å². The molecular weight excluding hydrogens is 258 g/mol. The Morgan fingerprint density at radius 3 is 2.29 bits per heavy atom. The van der Waals surface area contributed by atoms with Gasteiger partial charge in [-0.3, -0.25) is 0 Å². The van der Waals surface area contributed by atoms with Gasteiger partial charge in [0.25, 0.3) is 0 Å². The Balaban J connectivity index is 1.46. The van der Waals surface area contributed by atoms with Crippen molar-refractivity contribution in [2.24, 2.45) is 0 Å². The second kappa shape index (κ2) is 7.28. The summed E-state index contributed by atoms with van der Waals surface area (Å²) in [5, 5.41) is 0. The van der Waals surface area contributed by atoms with Crippen LogP contribution in [0.5, 0.6) is 5.75 Å². The summed E-state index contributed by atoms with van der Waals surface area (Å²) in [7, 11) is 0. The predicted octanol–water partition coefficient (Wildman–Crippen LogP) is 4.02. The van der Waals surface area contributed by atoms with E-state index in [0.717, 1.165) is 18.8 Å². The molecule has 21 heavy (non-hydrogen) atoms. The lowest BCUT2D eigenvalue weighted by molar-refractivity contribution is 0.263. The number of hydrogen-bond acceptors (Lipinski definition) is 2. The second-order valence-corrected chi connectivity index (χ2v) is 5.56. The molecule has 3 rings (SSSR count). The van der Waals surface area contributed by atoms with Gasteiger partial charge < -0.3 is 9.64 Å². The highest BCUT2D eigenvalue weighted by molar-refractivity contribution is 5.63. The average Bonchev–Trinajstić information content (AvgIpc) is 3.06. The smallest absolute Gasteiger partial charge is 0.119 e. The zero-order chi connectivity index (χ0) is 14.3. The number of hydrogen-bond donors (Lipinski definition) is 0. The van der Waals surface area contributed by atoms with Crippen LogP contribution in [0.2, 0.25) is 0 Å². The van der Waals surface area contributed by atoms with Crippen molar-refractivity contribution >= 4 is 0 Å². The molecule has 2 nitrogen and oxygen atoms in total. The lowest BCUT2D eigenvalue weighted by Gasteiger charge is -2.14. The first-order valence-corrected chi connectivity index (χ1v) is 7.83. The molecule has 0 aliphatic carbocycles. The van der Waals surface area contributed by atoms with Crippen molar-refractivity contribution in [3.63, 3.8) is 0 Å². The molecule has 0 N–H and O–H groups in total. The maximum Gasteiger partial charge on any atom is 0.119 e. The average molecular weight is 280 g/mol. The van der Waals surface area contributed by atoms with E-state index in [0.29, 0.717) is 0 Å². The summed E-state index contributed by atoms with van der Waals surface area (Å²) >= 11 is 0. The van der Waals surface area contributed by atoms with Crippen LogP contribution in [-0.4, -0.2) is 31.1 Å². The molecule has 0 bridgehead atoms. The lowest BCUT2D eigenvalue weighted by atomic mass is 10.1. The largest absolute Gasteiger partial charge is 0.494 e. The Kier molecular flexibility index (Phi) is 4.90. The molecule has 1 aliphatic heterocycles. The summed E-state index contributed by atoms with van der Waals surface area (Å²) in [6.07, 6.45) is 3.83. The highest BCUT2D eigenvalue weighted by atomic mass is 16.5. The van der Waals surface area contributed by atoms with E-state index >= 15 is 0 Å². The fourth-order valence-electron chi connectivity index (χ4n) is 2.81. The molecule has 2 heteroatoms. The third-order valence-electron chi connectivity index (χ3n) is 3.99.